The summed E-state index contributed by atoms with van der Waals surface area (Å²) in [5.74, 6) is -0.0311. The summed E-state index contributed by atoms with van der Waals surface area (Å²) in [4.78, 5) is 42.8. The van der Waals surface area contributed by atoms with E-state index in [1.54, 1.807) is 0 Å². The van der Waals surface area contributed by atoms with Crippen LogP contribution >= 0.6 is 0 Å². The SMILES string of the molecule is CCCCCCCCCC(=O)OCCC(C)(C)C(=O)n1c(C)c(CC)c2c1CC1CCN(CC(O)c3ccccc3)CC1C2=O. The van der Waals surface area contributed by atoms with E-state index < -0.39 is 11.5 Å². The van der Waals surface area contributed by atoms with E-state index in [1.165, 1.54) is 25.7 Å². The van der Waals surface area contributed by atoms with Crippen LogP contribution in [0.5, 0.6) is 0 Å². The lowest BCUT2D eigenvalue weighted by Crippen LogP contribution is -2.48. The van der Waals surface area contributed by atoms with E-state index in [2.05, 4.69) is 18.7 Å². The van der Waals surface area contributed by atoms with Crippen molar-refractivity contribution in [1.82, 2.24) is 9.47 Å². The predicted molar refractivity (Wildman–Crippen MR) is 179 cm³/mol. The van der Waals surface area contributed by atoms with Crippen LogP contribution in [-0.4, -0.2) is 58.5 Å². The highest BCUT2D eigenvalue weighted by molar-refractivity contribution is 6.04. The number of aromatic nitrogens is 1. The fourth-order valence-electron chi connectivity index (χ4n) is 7.36. The van der Waals surface area contributed by atoms with Crippen molar-refractivity contribution in [2.45, 2.75) is 118 Å². The Bertz CT molecular complexity index is 1300. The van der Waals surface area contributed by atoms with Crippen molar-refractivity contribution in [1.29, 1.82) is 0 Å². The summed E-state index contributed by atoms with van der Waals surface area (Å²) in [6.45, 7) is 12.2. The molecule has 0 amide bonds. The van der Waals surface area contributed by atoms with Crippen molar-refractivity contribution < 1.29 is 24.2 Å². The van der Waals surface area contributed by atoms with Crippen LogP contribution in [0.2, 0.25) is 0 Å². The number of β-amino-alcohol motifs (C(OH)–C–C–N with tert-alkyl or cyclic N) is 1. The highest BCUT2D eigenvalue weighted by Crippen LogP contribution is 2.41. The number of carbonyl (C=O) groups is 3. The lowest BCUT2D eigenvalue weighted by Gasteiger charge is -2.41. The highest BCUT2D eigenvalue weighted by Gasteiger charge is 2.44. The van der Waals surface area contributed by atoms with Crippen molar-refractivity contribution in [3.05, 3.63) is 58.4 Å². The minimum Gasteiger partial charge on any atom is -0.466 e. The van der Waals surface area contributed by atoms with Gasteiger partial charge in [0.15, 0.2) is 5.78 Å². The molecule has 0 bridgehead atoms. The zero-order valence-corrected chi connectivity index (χ0v) is 28.4. The number of rotatable bonds is 16. The number of likely N-dealkylation sites (tertiary alicyclic amines) is 1. The summed E-state index contributed by atoms with van der Waals surface area (Å²) in [7, 11) is 0. The summed E-state index contributed by atoms with van der Waals surface area (Å²) >= 11 is 0. The number of esters is 1. The summed E-state index contributed by atoms with van der Waals surface area (Å²) in [5.41, 5.74) is 3.58. The maximum absolute atomic E-state index is 14.1. The van der Waals surface area contributed by atoms with Crippen molar-refractivity contribution in [2.75, 3.05) is 26.2 Å². The first kappa shape index (κ1) is 35.1. The molecule has 248 valence electrons. The first-order chi connectivity index (χ1) is 21.6. The predicted octanol–water partition coefficient (Wildman–Crippen LogP) is 7.51. The second-order valence-electron chi connectivity index (χ2n) is 14.0. The van der Waals surface area contributed by atoms with Gasteiger partial charge in [0.25, 0.3) is 0 Å². The number of benzene rings is 1. The van der Waals surface area contributed by atoms with E-state index in [1.807, 2.05) is 55.7 Å². The number of aliphatic hydroxyl groups excluding tert-OH is 1. The van der Waals surface area contributed by atoms with E-state index in [4.69, 9.17) is 4.74 Å². The summed E-state index contributed by atoms with van der Waals surface area (Å²) in [5, 5.41) is 10.8. The number of hydrogen-bond donors (Lipinski definition) is 1. The van der Waals surface area contributed by atoms with Crippen molar-refractivity contribution in [2.24, 2.45) is 17.3 Å². The van der Waals surface area contributed by atoms with Gasteiger partial charge in [0.1, 0.15) is 0 Å². The summed E-state index contributed by atoms with van der Waals surface area (Å²) in [6, 6.07) is 9.69. The van der Waals surface area contributed by atoms with Crippen molar-refractivity contribution in [3.63, 3.8) is 0 Å². The minimum absolute atomic E-state index is 0.0336. The Morgan fingerprint density at radius 2 is 1.73 bits per heavy atom. The van der Waals surface area contributed by atoms with Gasteiger partial charge in [-0.25, -0.2) is 0 Å². The molecule has 1 saturated heterocycles. The van der Waals surface area contributed by atoms with Crippen LogP contribution in [0.15, 0.2) is 30.3 Å². The zero-order valence-electron chi connectivity index (χ0n) is 28.4. The normalized spacial score (nSPS) is 19.2. The number of ketones is 1. The maximum atomic E-state index is 14.1. The molecule has 1 aliphatic heterocycles. The molecule has 45 heavy (non-hydrogen) atoms. The van der Waals surface area contributed by atoms with Gasteiger partial charge in [-0.1, -0.05) is 96.6 Å². The molecule has 0 spiro atoms. The molecule has 1 N–H and O–H groups in total. The molecule has 1 aromatic heterocycles. The Morgan fingerprint density at radius 1 is 1.04 bits per heavy atom. The molecule has 2 heterocycles. The maximum Gasteiger partial charge on any atom is 0.305 e. The average Bonchev–Trinajstić information content (AvgIpc) is 3.31. The van der Waals surface area contributed by atoms with Crippen LogP contribution in [0.4, 0.5) is 0 Å². The van der Waals surface area contributed by atoms with Crippen LogP contribution < -0.4 is 0 Å². The van der Waals surface area contributed by atoms with Crippen LogP contribution in [0.25, 0.3) is 0 Å². The van der Waals surface area contributed by atoms with E-state index in [-0.39, 0.29) is 36.1 Å². The first-order valence-electron chi connectivity index (χ1n) is 17.5. The number of carbonyl (C=O) groups excluding carboxylic acids is 3. The van der Waals surface area contributed by atoms with Gasteiger partial charge in [-0.3, -0.25) is 23.9 Å². The number of ether oxygens (including phenoxy) is 1. The third-order valence-corrected chi connectivity index (χ3v) is 10.2. The molecule has 1 aliphatic carbocycles. The standard InChI is InChI=1S/C38H56N2O5/c1-6-8-9-10-11-12-16-19-34(42)45-23-21-38(4,5)37(44)40-27(3)30(7-2)35-32(40)24-29-20-22-39(25-31(29)36(35)43)26-33(41)28-17-14-13-15-18-28/h13-15,17-18,29,31,33,41H,6-12,16,19-26H2,1-5H3. The second-order valence-corrected chi connectivity index (χ2v) is 14.0. The lowest BCUT2D eigenvalue weighted by molar-refractivity contribution is -0.144. The lowest BCUT2D eigenvalue weighted by atomic mass is 9.72. The molecule has 2 aliphatic rings. The number of Topliss-reactive ketones (excluding diaryl/α,β-unsaturated/α-hetero) is 1. The average molecular weight is 621 g/mol. The van der Waals surface area contributed by atoms with Crippen LogP contribution in [0.3, 0.4) is 0 Å². The van der Waals surface area contributed by atoms with Crippen molar-refractivity contribution >= 4 is 17.7 Å². The minimum atomic E-state index is -0.751. The molecule has 1 aromatic carbocycles. The summed E-state index contributed by atoms with van der Waals surface area (Å²) < 4.78 is 7.38. The third kappa shape index (κ3) is 8.53. The van der Waals surface area contributed by atoms with Gasteiger partial charge in [-0.15, -0.1) is 0 Å². The smallest absolute Gasteiger partial charge is 0.305 e. The number of nitrogens with zero attached hydrogens (tertiary/aromatic N) is 2. The molecule has 7 heteroatoms. The Balaban J connectivity index is 1.38. The zero-order chi connectivity index (χ0) is 32.6. The fraction of sp³-hybridized carbons (Fsp3) is 0.658. The quantitative estimate of drug-likeness (QED) is 0.154. The molecular weight excluding hydrogens is 564 g/mol. The van der Waals surface area contributed by atoms with Gasteiger partial charge in [0.05, 0.1) is 12.7 Å². The molecule has 3 unspecified atom stereocenters. The van der Waals surface area contributed by atoms with Gasteiger partial charge >= 0.3 is 5.97 Å². The van der Waals surface area contributed by atoms with E-state index in [9.17, 15) is 19.5 Å². The molecule has 7 nitrogen and oxygen atoms in total. The Labute approximate surface area is 270 Å². The fourth-order valence-corrected chi connectivity index (χ4v) is 7.36. The third-order valence-electron chi connectivity index (χ3n) is 10.2. The molecular formula is C38H56N2O5. The monoisotopic (exact) mass is 620 g/mol. The van der Waals surface area contributed by atoms with Gasteiger partial charge < -0.3 is 9.84 Å². The molecule has 3 atom stereocenters. The van der Waals surface area contributed by atoms with Crippen LogP contribution in [0, 0.1) is 24.2 Å². The molecule has 0 radical (unpaired) electrons. The second kappa shape index (κ2) is 16.2. The summed E-state index contributed by atoms with van der Waals surface area (Å²) in [6.07, 6.45) is 10.6. The highest BCUT2D eigenvalue weighted by atomic mass is 16.5. The first-order valence-corrected chi connectivity index (χ1v) is 17.5. The number of hydrogen-bond acceptors (Lipinski definition) is 6. The van der Waals surface area contributed by atoms with Gasteiger partial charge in [-0.05, 0) is 62.6 Å². The van der Waals surface area contributed by atoms with Gasteiger partial charge in [0, 0.05) is 47.8 Å². The van der Waals surface area contributed by atoms with E-state index in [0.717, 1.165) is 60.3 Å². The number of fused-ring (bicyclic) bond motifs is 2. The van der Waals surface area contributed by atoms with E-state index >= 15 is 0 Å². The topological polar surface area (TPSA) is 88.8 Å². The van der Waals surface area contributed by atoms with E-state index in [0.29, 0.717) is 38.8 Å². The van der Waals surface area contributed by atoms with Crippen molar-refractivity contribution in [3.8, 4) is 0 Å². The number of piperidine rings is 1. The Kier molecular flexibility index (Phi) is 12.6. The molecule has 0 saturated carbocycles. The largest absolute Gasteiger partial charge is 0.466 e. The van der Waals surface area contributed by atoms with Gasteiger partial charge in [0.2, 0.25) is 5.91 Å². The van der Waals surface area contributed by atoms with Crippen LogP contribution in [0.1, 0.15) is 136 Å². The molecule has 2 aromatic rings. The van der Waals surface area contributed by atoms with Gasteiger partial charge in [-0.2, -0.15) is 0 Å². The number of aliphatic hydroxyl groups is 1. The number of unbranched alkanes of at least 4 members (excludes halogenated alkanes) is 6. The molecule has 4 rings (SSSR count). The molecule has 1 fully saturated rings. The van der Waals surface area contributed by atoms with Crippen LogP contribution in [-0.2, 0) is 22.4 Å². The Morgan fingerprint density at radius 3 is 2.42 bits per heavy atom. The Hall–Kier alpha value is -2.77.